The molecule has 0 aromatic heterocycles. The van der Waals surface area contributed by atoms with Gasteiger partial charge in [-0.2, -0.15) is 0 Å². The molecule has 19 heavy (non-hydrogen) atoms. The van der Waals surface area contributed by atoms with E-state index < -0.39 is 0 Å². The summed E-state index contributed by atoms with van der Waals surface area (Å²) in [4.78, 5) is 5.16. The summed E-state index contributed by atoms with van der Waals surface area (Å²) in [6, 6.07) is 6.67. The maximum absolute atomic E-state index is 13.3. The first-order valence-corrected chi connectivity index (χ1v) is 7.86. The minimum atomic E-state index is -0.183. The number of fused-ring (bicyclic) bond motifs is 1. The highest BCUT2D eigenvalue weighted by Gasteiger charge is 2.36. The van der Waals surface area contributed by atoms with Gasteiger partial charge in [-0.15, -0.1) is 0 Å². The van der Waals surface area contributed by atoms with Crippen molar-refractivity contribution in [2.75, 3.05) is 19.6 Å². The molecule has 0 spiro atoms. The number of hydrogen-bond acceptors (Lipinski definition) is 2. The van der Waals surface area contributed by atoms with Gasteiger partial charge in [-0.1, -0.05) is 6.07 Å². The van der Waals surface area contributed by atoms with E-state index in [2.05, 4.69) is 32.7 Å². The third-order valence-electron chi connectivity index (χ3n) is 4.59. The summed E-state index contributed by atoms with van der Waals surface area (Å²) < 4.78 is 13.8. The van der Waals surface area contributed by atoms with E-state index in [1.54, 1.807) is 6.07 Å². The first-order valence-electron chi connectivity index (χ1n) is 7.07. The summed E-state index contributed by atoms with van der Waals surface area (Å²) >= 11 is 3.27. The van der Waals surface area contributed by atoms with Crippen LogP contribution in [0.1, 0.15) is 25.3 Å². The van der Waals surface area contributed by atoms with Gasteiger partial charge >= 0.3 is 0 Å². The average Bonchev–Trinajstić information content (AvgIpc) is 2.86. The molecule has 0 aliphatic carbocycles. The standard InChI is InChI=1S/C15H20BrFN2/c1-11-15-3-2-6-18(15)7-8-19(11)10-12-4-5-14(17)13(16)9-12/h4-5,9,11,15H,2-3,6-8,10H2,1H3/t11-,15-/m1/s1. The normalized spacial score (nSPS) is 28.6. The smallest absolute Gasteiger partial charge is 0.137 e. The Bertz CT molecular complexity index is 465. The minimum Gasteiger partial charge on any atom is -0.298 e. The minimum absolute atomic E-state index is 0.183. The van der Waals surface area contributed by atoms with Crippen molar-refractivity contribution in [1.82, 2.24) is 9.80 Å². The van der Waals surface area contributed by atoms with Crippen molar-refractivity contribution in [3.05, 3.63) is 34.1 Å². The molecule has 0 N–H and O–H groups in total. The molecular weight excluding hydrogens is 307 g/mol. The summed E-state index contributed by atoms with van der Waals surface area (Å²) in [7, 11) is 0. The molecule has 1 aromatic rings. The lowest BCUT2D eigenvalue weighted by molar-refractivity contribution is 0.0470. The van der Waals surface area contributed by atoms with Crippen molar-refractivity contribution in [2.45, 2.75) is 38.4 Å². The maximum Gasteiger partial charge on any atom is 0.137 e. The molecule has 2 nitrogen and oxygen atoms in total. The zero-order valence-corrected chi connectivity index (χ0v) is 12.9. The molecule has 0 radical (unpaired) electrons. The molecule has 3 rings (SSSR count). The van der Waals surface area contributed by atoms with Crippen LogP contribution in [-0.4, -0.2) is 41.5 Å². The largest absolute Gasteiger partial charge is 0.298 e. The van der Waals surface area contributed by atoms with Crippen LogP contribution in [-0.2, 0) is 6.54 Å². The molecule has 4 heteroatoms. The van der Waals surface area contributed by atoms with Gasteiger partial charge in [-0.3, -0.25) is 9.80 Å². The molecule has 2 atom stereocenters. The summed E-state index contributed by atoms with van der Waals surface area (Å²) in [5.41, 5.74) is 1.19. The van der Waals surface area contributed by atoms with Crippen molar-refractivity contribution in [2.24, 2.45) is 0 Å². The van der Waals surface area contributed by atoms with E-state index in [-0.39, 0.29) is 5.82 Å². The van der Waals surface area contributed by atoms with Crippen molar-refractivity contribution in [3.63, 3.8) is 0 Å². The molecule has 2 fully saturated rings. The fourth-order valence-corrected chi connectivity index (χ4v) is 3.90. The fraction of sp³-hybridized carbons (Fsp3) is 0.600. The van der Waals surface area contributed by atoms with Gasteiger partial charge in [-0.25, -0.2) is 4.39 Å². The zero-order valence-electron chi connectivity index (χ0n) is 11.3. The van der Waals surface area contributed by atoms with Gasteiger partial charge in [0.1, 0.15) is 5.82 Å². The van der Waals surface area contributed by atoms with Gasteiger partial charge in [0, 0.05) is 31.7 Å². The molecule has 2 aliphatic heterocycles. The Morgan fingerprint density at radius 1 is 1.32 bits per heavy atom. The summed E-state index contributed by atoms with van der Waals surface area (Å²) in [5, 5.41) is 0. The zero-order chi connectivity index (χ0) is 13.4. The second kappa shape index (κ2) is 5.51. The van der Waals surface area contributed by atoms with Crippen LogP contribution in [0.25, 0.3) is 0 Å². The molecule has 0 unspecified atom stereocenters. The van der Waals surface area contributed by atoms with E-state index in [4.69, 9.17) is 0 Å². The van der Waals surface area contributed by atoms with Gasteiger partial charge in [0.25, 0.3) is 0 Å². The number of hydrogen-bond donors (Lipinski definition) is 0. The predicted octanol–water partition coefficient (Wildman–Crippen LogP) is 3.26. The van der Waals surface area contributed by atoms with E-state index in [1.165, 1.54) is 31.5 Å². The highest BCUT2D eigenvalue weighted by atomic mass is 79.9. The number of benzene rings is 1. The molecule has 0 saturated carbocycles. The first-order chi connectivity index (χ1) is 9.15. The van der Waals surface area contributed by atoms with E-state index in [0.717, 1.165) is 19.1 Å². The monoisotopic (exact) mass is 326 g/mol. The molecule has 2 aliphatic rings. The Labute approximate surface area is 122 Å². The van der Waals surface area contributed by atoms with Crippen LogP contribution in [0.4, 0.5) is 4.39 Å². The van der Waals surface area contributed by atoms with Crippen LogP contribution in [0.2, 0.25) is 0 Å². The lowest BCUT2D eigenvalue weighted by Gasteiger charge is -2.43. The van der Waals surface area contributed by atoms with E-state index in [1.807, 2.05) is 12.1 Å². The highest BCUT2D eigenvalue weighted by Crippen LogP contribution is 2.28. The Hall–Kier alpha value is -0.450. The summed E-state index contributed by atoms with van der Waals surface area (Å²) in [6.45, 7) is 6.82. The Kier molecular flexibility index (Phi) is 3.92. The van der Waals surface area contributed by atoms with Gasteiger partial charge in [0.15, 0.2) is 0 Å². The lowest BCUT2D eigenvalue weighted by atomic mass is 10.0. The third-order valence-corrected chi connectivity index (χ3v) is 5.20. The van der Waals surface area contributed by atoms with Crippen LogP contribution in [0.5, 0.6) is 0 Å². The van der Waals surface area contributed by atoms with E-state index >= 15 is 0 Å². The average molecular weight is 327 g/mol. The van der Waals surface area contributed by atoms with E-state index in [0.29, 0.717) is 10.5 Å². The predicted molar refractivity (Wildman–Crippen MR) is 78.6 cm³/mol. The van der Waals surface area contributed by atoms with Crippen LogP contribution in [0.3, 0.4) is 0 Å². The number of rotatable bonds is 2. The molecule has 2 saturated heterocycles. The Morgan fingerprint density at radius 3 is 2.95 bits per heavy atom. The fourth-order valence-electron chi connectivity index (χ4n) is 3.48. The third kappa shape index (κ3) is 2.71. The molecular formula is C15H20BrFN2. The van der Waals surface area contributed by atoms with Gasteiger partial charge < -0.3 is 0 Å². The maximum atomic E-state index is 13.3. The van der Waals surface area contributed by atoms with Gasteiger partial charge in [-0.05, 0) is 59.9 Å². The molecule has 1 aromatic carbocycles. The summed E-state index contributed by atoms with van der Waals surface area (Å²) in [6.07, 6.45) is 2.66. The highest BCUT2D eigenvalue weighted by molar-refractivity contribution is 9.10. The van der Waals surface area contributed by atoms with Crippen molar-refractivity contribution >= 4 is 15.9 Å². The van der Waals surface area contributed by atoms with Crippen molar-refractivity contribution in [1.29, 1.82) is 0 Å². The SMILES string of the molecule is C[C@@H]1[C@H]2CCCN2CCN1Cc1ccc(F)c(Br)c1. The van der Waals surface area contributed by atoms with E-state index in [9.17, 15) is 4.39 Å². The molecule has 0 amide bonds. The lowest BCUT2D eigenvalue weighted by Crippen LogP contribution is -2.55. The van der Waals surface area contributed by atoms with Crippen molar-refractivity contribution < 1.29 is 4.39 Å². The molecule has 0 bridgehead atoms. The van der Waals surface area contributed by atoms with Gasteiger partial charge in [0.2, 0.25) is 0 Å². The Balaban J connectivity index is 1.70. The van der Waals surface area contributed by atoms with Gasteiger partial charge in [0.05, 0.1) is 4.47 Å². The van der Waals surface area contributed by atoms with Crippen molar-refractivity contribution in [3.8, 4) is 0 Å². The van der Waals surface area contributed by atoms with Crippen LogP contribution in [0.15, 0.2) is 22.7 Å². The summed E-state index contributed by atoms with van der Waals surface area (Å²) in [5.74, 6) is -0.183. The number of nitrogens with zero attached hydrogens (tertiary/aromatic N) is 2. The molecule has 104 valence electrons. The number of halogens is 2. The van der Waals surface area contributed by atoms with Crippen LogP contribution >= 0.6 is 15.9 Å². The van der Waals surface area contributed by atoms with Crippen LogP contribution in [0, 0.1) is 5.82 Å². The van der Waals surface area contributed by atoms with Crippen LogP contribution < -0.4 is 0 Å². The second-order valence-electron chi connectivity index (χ2n) is 5.71. The quantitative estimate of drug-likeness (QED) is 0.823. The topological polar surface area (TPSA) is 6.48 Å². The Morgan fingerprint density at radius 2 is 2.16 bits per heavy atom. The number of piperazine rings is 1. The first kappa shape index (κ1) is 13.5. The molecule has 2 heterocycles. The second-order valence-corrected chi connectivity index (χ2v) is 6.56.